The molecule has 6 nitrogen and oxygen atoms in total. The summed E-state index contributed by atoms with van der Waals surface area (Å²) in [5.41, 5.74) is 0.803. The van der Waals surface area contributed by atoms with Crippen LogP contribution in [0.1, 0.15) is 31.7 Å². The number of amides is 2. The van der Waals surface area contributed by atoms with Gasteiger partial charge in [-0.25, -0.2) is 12.8 Å². The van der Waals surface area contributed by atoms with E-state index in [0.29, 0.717) is 11.3 Å². The molecule has 0 aliphatic carbocycles. The molecule has 0 aromatic heterocycles. The molecule has 0 spiro atoms. The van der Waals surface area contributed by atoms with E-state index < -0.39 is 27.5 Å². The van der Waals surface area contributed by atoms with Crippen LogP contribution in [0.3, 0.4) is 0 Å². The van der Waals surface area contributed by atoms with E-state index >= 15 is 0 Å². The van der Waals surface area contributed by atoms with E-state index in [-0.39, 0.29) is 36.3 Å². The molecule has 24 heavy (non-hydrogen) atoms. The highest BCUT2D eigenvalue weighted by atomic mass is 32.2. The summed E-state index contributed by atoms with van der Waals surface area (Å²) in [6.07, 6.45) is -0.0962. The normalized spacial score (nSPS) is 17.3. The number of rotatable bonds is 6. The lowest BCUT2D eigenvalue weighted by Crippen LogP contribution is -2.37. The predicted molar refractivity (Wildman–Crippen MR) is 88.9 cm³/mol. The van der Waals surface area contributed by atoms with E-state index in [2.05, 4.69) is 10.6 Å². The maximum Gasteiger partial charge on any atom is 0.228 e. The number of hydrogen-bond acceptors (Lipinski definition) is 4. The Morgan fingerprint density at radius 3 is 2.79 bits per heavy atom. The first-order valence-corrected chi connectivity index (χ1v) is 9.57. The number of halogens is 1. The maximum atomic E-state index is 13.4. The van der Waals surface area contributed by atoms with Crippen molar-refractivity contribution in [3.05, 3.63) is 29.6 Å². The van der Waals surface area contributed by atoms with Gasteiger partial charge in [-0.15, -0.1) is 0 Å². The number of anilines is 1. The van der Waals surface area contributed by atoms with Crippen LogP contribution in [0.5, 0.6) is 0 Å². The third-order valence-corrected chi connectivity index (χ3v) is 5.67. The largest absolute Gasteiger partial charge is 0.355 e. The van der Waals surface area contributed by atoms with Crippen LogP contribution in [0.15, 0.2) is 18.2 Å². The molecule has 1 unspecified atom stereocenters. The van der Waals surface area contributed by atoms with E-state index in [4.69, 9.17) is 0 Å². The number of benzene rings is 1. The molecule has 0 radical (unpaired) electrons. The van der Waals surface area contributed by atoms with Crippen LogP contribution in [0.25, 0.3) is 0 Å². The van der Waals surface area contributed by atoms with Crippen LogP contribution in [-0.4, -0.2) is 38.3 Å². The van der Waals surface area contributed by atoms with Crippen LogP contribution in [-0.2, 0) is 19.4 Å². The van der Waals surface area contributed by atoms with Gasteiger partial charge < -0.3 is 10.6 Å². The first kappa shape index (κ1) is 18.4. The van der Waals surface area contributed by atoms with Crippen LogP contribution in [0.2, 0.25) is 0 Å². The fraction of sp³-hybridized carbons (Fsp3) is 0.500. The number of carbonyl (C=O) groups is 2. The molecule has 1 aliphatic rings. The topological polar surface area (TPSA) is 92.3 Å². The Balaban J connectivity index is 2.03. The molecule has 0 saturated carbocycles. The molecule has 1 heterocycles. The second-order valence-corrected chi connectivity index (χ2v) is 8.56. The SMILES string of the molecule is CC(C)CS(=O)(=O)CCNC(=O)C1CC(=O)Nc2ccc(F)cc21. The second kappa shape index (κ2) is 7.29. The Morgan fingerprint density at radius 2 is 2.12 bits per heavy atom. The molecular weight excluding hydrogens is 335 g/mol. The van der Waals surface area contributed by atoms with Gasteiger partial charge in [0.05, 0.1) is 17.4 Å². The average molecular weight is 356 g/mol. The molecule has 2 N–H and O–H groups in total. The highest BCUT2D eigenvalue weighted by Gasteiger charge is 2.31. The van der Waals surface area contributed by atoms with Crippen molar-refractivity contribution in [1.82, 2.24) is 5.32 Å². The van der Waals surface area contributed by atoms with Crippen molar-refractivity contribution in [3.8, 4) is 0 Å². The molecule has 8 heteroatoms. The first-order valence-electron chi connectivity index (χ1n) is 7.75. The zero-order chi connectivity index (χ0) is 17.9. The lowest BCUT2D eigenvalue weighted by atomic mass is 9.89. The third-order valence-electron chi connectivity index (χ3n) is 3.67. The molecule has 132 valence electrons. The van der Waals surface area contributed by atoms with Gasteiger partial charge in [0.15, 0.2) is 9.84 Å². The van der Waals surface area contributed by atoms with Crippen LogP contribution >= 0.6 is 0 Å². The summed E-state index contributed by atoms with van der Waals surface area (Å²) in [5, 5.41) is 5.13. The summed E-state index contributed by atoms with van der Waals surface area (Å²) in [5.74, 6) is -2.21. The number of nitrogens with one attached hydrogen (secondary N) is 2. The van der Waals surface area contributed by atoms with E-state index in [0.717, 1.165) is 0 Å². The lowest BCUT2D eigenvalue weighted by molar-refractivity contribution is -0.126. The summed E-state index contributed by atoms with van der Waals surface area (Å²) >= 11 is 0. The van der Waals surface area contributed by atoms with Crippen molar-refractivity contribution < 1.29 is 22.4 Å². The third kappa shape index (κ3) is 4.77. The zero-order valence-electron chi connectivity index (χ0n) is 13.6. The summed E-state index contributed by atoms with van der Waals surface area (Å²) in [4.78, 5) is 24.0. The molecule has 1 aliphatic heterocycles. The van der Waals surface area contributed by atoms with E-state index in [9.17, 15) is 22.4 Å². The summed E-state index contributed by atoms with van der Waals surface area (Å²) in [7, 11) is -3.24. The van der Waals surface area contributed by atoms with Gasteiger partial charge in [-0.05, 0) is 29.7 Å². The molecule has 0 bridgehead atoms. The van der Waals surface area contributed by atoms with Gasteiger partial charge in [0, 0.05) is 18.7 Å². The second-order valence-electron chi connectivity index (χ2n) is 6.34. The monoisotopic (exact) mass is 356 g/mol. The Bertz CT molecular complexity index is 746. The molecule has 0 saturated heterocycles. The number of fused-ring (bicyclic) bond motifs is 1. The molecular formula is C16H21FN2O4S. The van der Waals surface area contributed by atoms with Crippen molar-refractivity contribution >= 4 is 27.3 Å². The van der Waals surface area contributed by atoms with Crippen molar-refractivity contribution in [2.45, 2.75) is 26.2 Å². The van der Waals surface area contributed by atoms with Crippen LogP contribution in [0.4, 0.5) is 10.1 Å². The van der Waals surface area contributed by atoms with Gasteiger partial charge >= 0.3 is 0 Å². The standard InChI is InChI=1S/C16H21FN2O4S/c1-10(2)9-24(22,23)6-5-18-16(21)13-8-15(20)19-14-4-3-11(17)7-12(13)14/h3-4,7,10,13H,5-6,8-9H2,1-2H3,(H,18,21)(H,19,20). The van der Waals surface area contributed by atoms with Gasteiger partial charge in [0.25, 0.3) is 0 Å². The van der Waals surface area contributed by atoms with E-state index in [1.54, 1.807) is 0 Å². The smallest absolute Gasteiger partial charge is 0.228 e. The molecule has 1 aromatic carbocycles. The van der Waals surface area contributed by atoms with Gasteiger partial charge in [-0.1, -0.05) is 13.8 Å². The minimum atomic E-state index is -3.24. The van der Waals surface area contributed by atoms with Gasteiger partial charge in [0.1, 0.15) is 5.82 Å². The summed E-state index contributed by atoms with van der Waals surface area (Å²) < 4.78 is 37.1. The average Bonchev–Trinajstić information content (AvgIpc) is 2.45. The van der Waals surface area contributed by atoms with Gasteiger partial charge in [-0.3, -0.25) is 9.59 Å². The van der Waals surface area contributed by atoms with Crippen LogP contribution in [0, 0.1) is 11.7 Å². The number of carbonyl (C=O) groups excluding carboxylic acids is 2. The van der Waals surface area contributed by atoms with Gasteiger partial charge in [0.2, 0.25) is 11.8 Å². The maximum absolute atomic E-state index is 13.4. The van der Waals surface area contributed by atoms with E-state index in [1.165, 1.54) is 18.2 Å². The van der Waals surface area contributed by atoms with Crippen molar-refractivity contribution in [1.29, 1.82) is 0 Å². The van der Waals surface area contributed by atoms with Crippen molar-refractivity contribution in [3.63, 3.8) is 0 Å². The summed E-state index contributed by atoms with van der Waals surface area (Å²) in [6.45, 7) is 3.58. The first-order chi connectivity index (χ1) is 11.2. The highest BCUT2D eigenvalue weighted by Crippen LogP contribution is 2.32. The van der Waals surface area contributed by atoms with Crippen molar-refractivity contribution in [2.24, 2.45) is 5.92 Å². The number of sulfone groups is 1. The molecule has 2 rings (SSSR count). The minimum absolute atomic E-state index is 0.0163. The molecule has 1 aromatic rings. The molecule has 1 atom stereocenters. The lowest BCUT2D eigenvalue weighted by Gasteiger charge is -2.24. The fourth-order valence-corrected chi connectivity index (χ4v) is 4.31. The fourth-order valence-electron chi connectivity index (χ4n) is 2.71. The number of hydrogen-bond donors (Lipinski definition) is 2. The highest BCUT2D eigenvalue weighted by molar-refractivity contribution is 7.91. The molecule has 2 amide bonds. The van der Waals surface area contributed by atoms with Gasteiger partial charge in [-0.2, -0.15) is 0 Å². The summed E-state index contributed by atoms with van der Waals surface area (Å²) in [6, 6.07) is 3.83. The Kier molecular flexibility index (Phi) is 5.58. The van der Waals surface area contributed by atoms with Crippen LogP contribution < -0.4 is 10.6 Å². The minimum Gasteiger partial charge on any atom is -0.355 e. The quantitative estimate of drug-likeness (QED) is 0.807. The predicted octanol–water partition coefficient (Wildman–Crippen LogP) is 1.44. The van der Waals surface area contributed by atoms with Crippen molar-refractivity contribution in [2.75, 3.05) is 23.4 Å². The van der Waals surface area contributed by atoms with E-state index in [1.807, 2.05) is 13.8 Å². The Hall–Kier alpha value is -1.96. The molecule has 0 fully saturated rings. The Labute approximate surface area is 140 Å². The zero-order valence-corrected chi connectivity index (χ0v) is 14.5. The Morgan fingerprint density at radius 1 is 1.42 bits per heavy atom.